The lowest BCUT2D eigenvalue weighted by Gasteiger charge is -2.17. The fourth-order valence-corrected chi connectivity index (χ4v) is 2.21. The summed E-state index contributed by atoms with van der Waals surface area (Å²) in [6, 6.07) is 8.67. The van der Waals surface area contributed by atoms with Gasteiger partial charge in [0.05, 0.1) is 7.11 Å². The van der Waals surface area contributed by atoms with Crippen molar-refractivity contribution in [3.63, 3.8) is 0 Å². The van der Waals surface area contributed by atoms with Crippen molar-refractivity contribution in [3.8, 4) is 11.4 Å². The highest BCUT2D eigenvalue weighted by molar-refractivity contribution is 5.84. The van der Waals surface area contributed by atoms with E-state index in [0.29, 0.717) is 12.2 Å². The molecule has 1 atom stereocenters. The summed E-state index contributed by atoms with van der Waals surface area (Å²) in [5.74, 6) is -0.157. The maximum absolute atomic E-state index is 12.1. The number of hydrogen-bond donors (Lipinski definition) is 1. The smallest absolute Gasteiger partial charge is 0.328 e. The Morgan fingerprint density at radius 1 is 1.25 bits per heavy atom. The van der Waals surface area contributed by atoms with Crippen molar-refractivity contribution in [2.45, 2.75) is 32.9 Å². The quantitative estimate of drug-likeness (QED) is 0.761. The van der Waals surface area contributed by atoms with Crippen molar-refractivity contribution in [3.05, 3.63) is 30.3 Å². The number of tetrazole rings is 1. The largest absolute Gasteiger partial charge is 0.467 e. The first-order valence-electron chi connectivity index (χ1n) is 7.70. The van der Waals surface area contributed by atoms with E-state index in [9.17, 15) is 9.59 Å². The number of benzene rings is 1. The van der Waals surface area contributed by atoms with E-state index in [2.05, 4.69) is 20.7 Å². The van der Waals surface area contributed by atoms with E-state index in [1.807, 2.05) is 44.2 Å². The maximum Gasteiger partial charge on any atom is 0.328 e. The average molecular weight is 331 g/mol. The summed E-state index contributed by atoms with van der Waals surface area (Å²) < 4.78 is 4.72. The van der Waals surface area contributed by atoms with E-state index in [-0.39, 0.29) is 18.4 Å². The third-order valence-corrected chi connectivity index (χ3v) is 3.30. The Labute approximate surface area is 140 Å². The van der Waals surface area contributed by atoms with Gasteiger partial charge >= 0.3 is 5.97 Å². The van der Waals surface area contributed by atoms with Crippen LogP contribution in [0, 0.1) is 5.92 Å². The van der Waals surface area contributed by atoms with Crippen LogP contribution < -0.4 is 5.32 Å². The second-order valence-corrected chi connectivity index (χ2v) is 5.78. The molecule has 8 nitrogen and oxygen atoms in total. The van der Waals surface area contributed by atoms with Crippen LogP contribution in [0.5, 0.6) is 0 Å². The fraction of sp³-hybridized carbons (Fsp3) is 0.438. The van der Waals surface area contributed by atoms with E-state index in [1.165, 1.54) is 11.9 Å². The number of ether oxygens (including phenoxy) is 1. The summed E-state index contributed by atoms with van der Waals surface area (Å²) in [5, 5.41) is 14.6. The molecule has 1 heterocycles. The predicted octanol–water partition coefficient (Wildman–Crippen LogP) is 1.04. The van der Waals surface area contributed by atoms with Gasteiger partial charge in [-0.05, 0) is 17.6 Å². The molecule has 0 unspecified atom stereocenters. The topological polar surface area (TPSA) is 99.0 Å². The van der Waals surface area contributed by atoms with Crippen molar-refractivity contribution in [1.29, 1.82) is 0 Å². The molecule has 0 bridgehead atoms. The van der Waals surface area contributed by atoms with Gasteiger partial charge in [-0.3, -0.25) is 4.79 Å². The van der Waals surface area contributed by atoms with Gasteiger partial charge in [-0.25, -0.2) is 4.79 Å². The van der Waals surface area contributed by atoms with Crippen LogP contribution in [0.4, 0.5) is 0 Å². The van der Waals surface area contributed by atoms with E-state index in [0.717, 1.165) is 5.56 Å². The second kappa shape index (κ2) is 8.19. The van der Waals surface area contributed by atoms with E-state index >= 15 is 0 Å². The van der Waals surface area contributed by atoms with Crippen molar-refractivity contribution >= 4 is 11.9 Å². The summed E-state index contributed by atoms with van der Waals surface area (Å²) in [6.07, 6.45) is 0.498. The molecule has 0 aliphatic heterocycles. The molecule has 0 aliphatic rings. The van der Waals surface area contributed by atoms with Crippen LogP contribution in [-0.2, 0) is 20.9 Å². The zero-order valence-corrected chi connectivity index (χ0v) is 14.0. The number of aromatic nitrogens is 4. The van der Waals surface area contributed by atoms with E-state index in [1.54, 1.807) is 0 Å². The van der Waals surface area contributed by atoms with Crippen molar-refractivity contribution < 1.29 is 14.3 Å². The number of methoxy groups -OCH3 is 1. The van der Waals surface area contributed by atoms with Gasteiger partial charge in [-0.1, -0.05) is 44.2 Å². The molecule has 2 aromatic rings. The lowest BCUT2D eigenvalue weighted by atomic mass is 10.0. The van der Waals surface area contributed by atoms with Gasteiger partial charge < -0.3 is 10.1 Å². The molecule has 1 aromatic carbocycles. The van der Waals surface area contributed by atoms with Crippen LogP contribution in [0.15, 0.2) is 30.3 Å². The Morgan fingerprint density at radius 3 is 2.58 bits per heavy atom. The van der Waals surface area contributed by atoms with Gasteiger partial charge in [-0.15, -0.1) is 10.2 Å². The van der Waals surface area contributed by atoms with Gasteiger partial charge in [0.1, 0.15) is 12.6 Å². The Hall–Kier alpha value is -2.77. The van der Waals surface area contributed by atoms with Gasteiger partial charge in [-0.2, -0.15) is 4.80 Å². The predicted molar refractivity (Wildman–Crippen MR) is 86.7 cm³/mol. The summed E-state index contributed by atoms with van der Waals surface area (Å²) >= 11 is 0. The number of rotatable bonds is 7. The summed E-state index contributed by atoms with van der Waals surface area (Å²) in [7, 11) is 1.30. The minimum atomic E-state index is -0.681. The van der Waals surface area contributed by atoms with Gasteiger partial charge in [0, 0.05) is 5.56 Å². The molecule has 128 valence electrons. The molecule has 0 saturated heterocycles. The number of amides is 1. The molecule has 8 heteroatoms. The number of nitrogens with zero attached hydrogens (tertiary/aromatic N) is 4. The SMILES string of the molecule is COC(=O)[C@H](CC(C)C)NC(=O)Cn1nnc(-c2ccccc2)n1. The third kappa shape index (κ3) is 4.87. The van der Waals surface area contributed by atoms with Crippen LogP contribution in [0.3, 0.4) is 0 Å². The lowest BCUT2D eigenvalue weighted by molar-refractivity contribution is -0.145. The minimum Gasteiger partial charge on any atom is -0.467 e. The Kier molecular flexibility index (Phi) is 6.00. The fourth-order valence-electron chi connectivity index (χ4n) is 2.21. The van der Waals surface area contributed by atoms with E-state index in [4.69, 9.17) is 4.74 Å². The van der Waals surface area contributed by atoms with Crippen molar-refractivity contribution in [2.24, 2.45) is 5.92 Å². The minimum absolute atomic E-state index is 0.120. The first kappa shape index (κ1) is 17.6. The molecule has 1 amide bonds. The molecule has 1 aromatic heterocycles. The van der Waals surface area contributed by atoms with Gasteiger partial charge in [0.25, 0.3) is 0 Å². The lowest BCUT2D eigenvalue weighted by Crippen LogP contribution is -2.43. The molecule has 0 saturated carbocycles. The van der Waals surface area contributed by atoms with Crippen LogP contribution in [0.2, 0.25) is 0 Å². The standard InChI is InChI=1S/C16H21N5O3/c1-11(2)9-13(16(23)24-3)17-14(22)10-21-19-15(18-20-21)12-7-5-4-6-8-12/h4-8,11,13H,9-10H2,1-3H3,(H,17,22)/t13-/m0/s1. The number of hydrogen-bond acceptors (Lipinski definition) is 6. The third-order valence-electron chi connectivity index (χ3n) is 3.30. The first-order valence-corrected chi connectivity index (χ1v) is 7.70. The second-order valence-electron chi connectivity index (χ2n) is 5.78. The first-order chi connectivity index (χ1) is 11.5. The maximum atomic E-state index is 12.1. The molecule has 0 fully saturated rings. The Balaban J connectivity index is 1.99. The normalized spacial score (nSPS) is 12.0. The number of esters is 1. The average Bonchev–Trinajstić information content (AvgIpc) is 3.02. The molecule has 24 heavy (non-hydrogen) atoms. The van der Waals surface area contributed by atoms with E-state index < -0.39 is 12.0 Å². The van der Waals surface area contributed by atoms with Gasteiger partial charge in [0.15, 0.2) is 0 Å². The molecule has 0 radical (unpaired) electrons. The zero-order chi connectivity index (χ0) is 17.5. The number of carbonyl (C=O) groups excluding carboxylic acids is 2. The van der Waals surface area contributed by atoms with Crippen molar-refractivity contribution in [1.82, 2.24) is 25.5 Å². The molecular formula is C16H21N5O3. The van der Waals surface area contributed by atoms with Crippen molar-refractivity contribution in [2.75, 3.05) is 7.11 Å². The van der Waals surface area contributed by atoms with Crippen LogP contribution in [0.1, 0.15) is 20.3 Å². The Morgan fingerprint density at radius 2 is 1.96 bits per heavy atom. The van der Waals surface area contributed by atoms with Gasteiger partial charge in [0.2, 0.25) is 11.7 Å². The summed E-state index contributed by atoms with van der Waals surface area (Å²) in [6.45, 7) is 3.81. The molecule has 0 spiro atoms. The highest BCUT2D eigenvalue weighted by Gasteiger charge is 2.23. The van der Waals surface area contributed by atoms with Crippen LogP contribution >= 0.6 is 0 Å². The molecule has 1 N–H and O–H groups in total. The molecular weight excluding hydrogens is 310 g/mol. The number of nitrogens with one attached hydrogen (secondary N) is 1. The Bertz CT molecular complexity index is 684. The summed E-state index contributed by atoms with van der Waals surface area (Å²) in [4.78, 5) is 25.1. The zero-order valence-electron chi connectivity index (χ0n) is 14.0. The number of carbonyl (C=O) groups is 2. The summed E-state index contributed by atoms with van der Waals surface area (Å²) in [5.41, 5.74) is 0.816. The van der Waals surface area contributed by atoms with Crippen LogP contribution in [-0.4, -0.2) is 45.2 Å². The highest BCUT2D eigenvalue weighted by atomic mass is 16.5. The monoisotopic (exact) mass is 331 g/mol. The molecule has 2 rings (SSSR count). The molecule has 0 aliphatic carbocycles. The van der Waals surface area contributed by atoms with Crippen LogP contribution in [0.25, 0.3) is 11.4 Å². The highest BCUT2D eigenvalue weighted by Crippen LogP contribution is 2.11.